The van der Waals surface area contributed by atoms with E-state index in [0.717, 1.165) is 38.0 Å². The second-order valence-corrected chi connectivity index (χ2v) is 28.7. The highest BCUT2D eigenvalue weighted by Gasteiger charge is 2.44. The molecule has 0 saturated carbocycles. The first kappa shape index (κ1) is 58.6. The molecule has 0 saturated heterocycles. The molecule has 3 nitrogen and oxygen atoms in total. The van der Waals surface area contributed by atoms with Gasteiger partial charge in [-0.15, -0.1) is 0 Å². The van der Waals surface area contributed by atoms with Crippen LogP contribution in [0.25, 0.3) is 126 Å². The first-order chi connectivity index (χ1) is 48.7. The zero-order valence-electron chi connectivity index (χ0n) is 56.1. The van der Waals surface area contributed by atoms with Crippen LogP contribution in [0.5, 0.6) is 0 Å². The number of aromatic nitrogens is 1. The summed E-state index contributed by atoms with van der Waals surface area (Å²) < 4.78 is 2.51. The van der Waals surface area contributed by atoms with Gasteiger partial charge in [0.15, 0.2) is 0 Å². The summed E-state index contributed by atoms with van der Waals surface area (Å²) in [5.74, 6) is 0. The first-order valence-corrected chi connectivity index (χ1v) is 35.3. The molecule has 16 aromatic carbocycles. The number of benzene rings is 16. The van der Waals surface area contributed by atoms with Crippen LogP contribution < -0.4 is 26.2 Å². The Morgan fingerprint density at radius 2 is 0.747 bits per heavy atom. The monoisotopic (exact) mass is 1270 g/mol. The van der Waals surface area contributed by atoms with Gasteiger partial charge in [0.05, 0.1) is 11.0 Å². The molecule has 0 aliphatic carbocycles. The van der Waals surface area contributed by atoms with Crippen LogP contribution in [0.4, 0.5) is 22.7 Å². The van der Waals surface area contributed by atoms with Crippen molar-refractivity contribution < 1.29 is 0 Å². The zero-order valence-corrected chi connectivity index (χ0v) is 56.1. The highest BCUT2D eigenvalue weighted by molar-refractivity contribution is 7.00. The summed E-state index contributed by atoms with van der Waals surface area (Å²) in [5, 5.41) is 12.9. The predicted octanol–water partition coefficient (Wildman–Crippen LogP) is 22.7. The molecule has 0 fully saturated rings. The fourth-order valence-electron chi connectivity index (χ4n) is 17.5. The van der Waals surface area contributed by atoms with Crippen LogP contribution in [-0.4, -0.2) is 24.4 Å². The van der Waals surface area contributed by atoms with Crippen molar-refractivity contribution in [1.29, 1.82) is 0 Å². The van der Waals surface area contributed by atoms with Crippen LogP contribution in [0.15, 0.2) is 322 Å². The summed E-state index contributed by atoms with van der Waals surface area (Å²) in [7, 11) is 0. The normalized spacial score (nSPS) is 12.7. The molecule has 0 spiro atoms. The van der Waals surface area contributed by atoms with Crippen molar-refractivity contribution in [2.75, 3.05) is 22.9 Å². The number of fused-ring (bicyclic) bond motifs is 9. The fraction of sp³-hybridized carbons (Fsp3) is 0.0947. The van der Waals surface area contributed by atoms with Crippen molar-refractivity contribution in [3.63, 3.8) is 0 Å². The van der Waals surface area contributed by atoms with Crippen molar-refractivity contribution in [3.05, 3.63) is 338 Å². The van der Waals surface area contributed by atoms with E-state index in [2.05, 4.69) is 357 Å². The molecule has 0 bridgehead atoms. The molecule has 1 aromatic heterocycles. The van der Waals surface area contributed by atoms with Crippen LogP contribution >= 0.6 is 0 Å². The number of anilines is 4. The van der Waals surface area contributed by atoms with E-state index in [-0.39, 0.29) is 12.1 Å². The van der Waals surface area contributed by atoms with Gasteiger partial charge in [-0.3, -0.25) is 0 Å². The molecule has 4 heteroatoms. The smallest absolute Gasteiger partial charge is 0.252 e. The van der Waals surface area contributed by atoms with E-state index >= 15 is 0 Å². The molecule has 0 unspecified atom stereocenters. The number of hydrogen-bond acceptors (Lipinski definition) is 2. The third-order valence-electron chi connectivity index (χ3n) is 21.5. The molecule has 0 N–H and O–H groups in total. The molecule has 470 valence electrons. The van der Waals surface area contributed by atoms with E-state index in [0.29, 0.717) is 0 Å². The minimum Gasteiger partial charge on any atom is -0.342 e. The molecule has 17 aromatic rings. The van der Waals surface area contributed by atoms with E-state index in [1.807, 2.05) is 0 Å². The second kappa shape index (κ2) is 23.5. The predicted molar refractivity (Wildman–Crippen MR) is 424 cm³/mol. The van der Waals surface area contributed by atoms with E-state index in [1.165, 1.54) is 176 Å². The Bertz CT molecular complexity index is 5830. The van der Waals surface area contributed by atoms with Crippen LogP contribution in [0, 0.1) is 5.41 Å². The fourth-order valence-corrected chi connectivity index (χ4v) is 17.5. The molecule has 0 amide bonds. The first-order valence-electron chi connectivity index (χ1n) is 35.3. The maximum Gasteiger partial charge on any atom is 0.252 e. The Balaban J connectivity index is 0.870. The lowest BCUT2D eigenvalue weighted by molar-refractivity contribution is 0.411. The van der Waals surface area contributed by atoms with E-state index in [9.17, 15) is 0 Å². The Hall–Kier alpha value is -11.7. The van der Waals surface area contributed by atoms with Gasteiger partial charge in [-0.25, -0.2) is 0 Å². The Kier molecular flexibility index (Phi) is 13.9. The third kappa shape index (κ3) is 9.86. The molecule has 2 aliphatic rings. The van der Waals surface area contributed by atoms with Gasteiger partial charge < -0.3 is 14.4 Å². The Morgan fingerprint density at radius 1 is 0.303 bits per heavy atom. The van der Waals surface area contributed by atoms with Crippen LogP contribution in [0.3, 0.4) is 0 Å². The van der Waals surface area contributed by atoms with Crippen molar-refractivity contribution in [2.45, 2.75) is 40.0 Å². The summed E-state index contributed by atoms with van der Waals surface area (Å²) in [6.45, 7) is 8.59. The highest BCUT2D eigenvalue weighted by Crippen LogP contribution is 2.47. The van der Waals surface area contributed by atoms with Gasteiger partial charge in [-0.05, 0) is 211 Å². The van der Waals surface area contributed by atoms with Gasteiger partial charge in [0.2, 0.25) is 0 Å². The van der Waals surface area contributed by atoms with Gasteiger partial charge in [0.25, 0.3) is 6.71 Å². The average molecular weight is 1270 g/mol. The SMILES string of the molecule is CC(C)(C)Cc1cc2c3c(c1)N(CCc1c(-c4ccccc4)cccc1-c1ccccc1)c1cc(-n4c5ccccc5c5ccccc54)ccc1B3c1cc(-c3cc4cccc5c6cccc7cccc(c(c3)c45)c76)ccc1N2CCc1c(-c2ccccc2)cccc1-c1ccccc1. The minimum atomic E-state index is -0.109. The standard InChI is InChI=1S/C95H72BN3/c1-95(2,3)61-62-55-90-94-91(56-62)98(54-52-77-74(65-29-12-6-13-30-65)40-24-41-75(77)66-31-14-7-15-32-66)89-60-71(99-86-45-18-16-36-78(86)79-37-17-19-46-87(79)99)48-49-84(89)96(94)85-59-68(70-57-69-35-22-43-81-80-42-20-33-67-34-21-44-82(92(67)80)83(58-70)93(69)81)47-50-88(85)97(90)53-51-76-72(63-25-8-4-9-26-63)38-23-39-73(76)64-27-10-5-11-28-64/h4-50,55-60H,51-54,61H2,1-3H3. The minimum absolute atomic E-state index is 0.000256. The van der Waals surface area contributed by atoms with Crippen molar-refractivity contribution in [3.8, 4) is 61.3 Å². The van der Waals surface area contributed by atoms with E-state index in [1.54, 1.807) is 0 Å². The summed E-state index contributed by atoms with van der Waals surface area (Å²) >= 11 is 0. The molecule has 0 radical (unpaired) electrons. The lowest BCUT2D eigenvalue weighted by Gasteiger charge is -2.45. The van der Waals surface area contributed by atoms with Crippen molar-refractivity contribution >= 4 is 111 Å². The molecule has 99 heavy (non-hydrogen) atoms. The van der Waals surface area contributed by atoms with Gasteiger partial charge in [-0.2, -0.15) is 0 Å². The molecule has 0 atom stereocenters. The summed E-state index contributed by atoms with van der Waals surface area (Å²) in [4.78, 5) is 5.51. The lowest BCUT2D eigenvalue weighted by Crippen LogP contribution is -2.62. The maximum absolute atomic E-state index is 2.76. The van der Waals surface area contributed by atoms with Crippen LogP contribution in [-0.2, 0) is 19.3 Å². The Morgan fingerprint density at radius 3 is 1.26 bits per heavy atom. The van der Waals surface area contributed by atoms with E-state index in [4.69, 9.17) is 0 Å². The number of para-hydroxylation sites is 2. The van der Waals surface area contributed by atoms with Gasteiger partial charge in [0, 0.05) is 52.3 Å². The number of nitrogens with zero attached hydrogens (tertiary/aromatic N) is 3. The topological polar surface area (TPSA) is 11.4 Å². The average Bonchev–Trinajstić information content (AvgIpc) is 1.00. The quantitative estimate of drug-likeness (QED) is 0.0648. The number of rotatable bonds is 13. The van der Waals surface area contributed by atoms with E-state index < -0.39 is 0 Å². The third-order valence-corrected chi connectivity index (χ3v) is 21.5. The van der Waals surface area contributed by atoms with Gasteiger partial charge in [-0.1, -0.05) is 288 Å². The number of hydrogen-bond donors (Lipinski definition) is 0. The molecule has 2 aliphatic heterocycles. The molecule has 19 rings (SSSR count). The molecular weight excluding hydrogens is 1190 g/mol. The second-order valence-electron chi connectivity index (χ2n) is 28.7. The van der Waals surface area contributed by atoms with Crippen molar-refractivity contribution in [1.82, 2.24) is 4.57 Å². The maximum atomic E-state index is 2.76. The van der Waals surface area contributed by atoms with Crippen LogP contribution in [0.1, 0.15) is 37.5 Å². The largest absolute Gasteiger partial charge is 0.342 e. The molecule has 3 heterocycles. The zero-order chi connectivity index (χ0) is 65.9. The lowest BCUT2D eigenvalue weighted by atomic mass is 9.33. The molecular formula is C95H72BN3. The van der Waals surface area contributed by atoms with Crippen LogP contribution in [0.2, 0.25) is 0 Å². The van der Waals surface area contributed by atoms with Gasteiger partial charge in [0.1, 0.15) is 0 Å². The Labute approximate surface area is 579 Å². The highest BCUT2D eigenvalue weighted by atomic mass is 15.2. The van der Waals surface area contributed by atoms with Crippen molar-refractivity contribution in [2.24, 2.45) is 5.41 Å². The summed E-state index contributed by atoms with van der Waals surface area (Å²) in [6, 6.07) is 122. The summed E-state index contributed by atoms with van der Waals surface area (Å²) in [5.41, 5.74) is 29.2. The van der Waals surface area contributed by atoms with Gasteiger partial charge >= 0.3 is 0 Å². The summed E-state index contributed by atoms with van der Waals surface area (Å²) in [6.07, 6.45) is 2.52.